The Balaban J connectivity index is 2.04. The normalized spacial score (nSPS) is 19.7. The Hall–Kier alpha value is -1.85. The largest absolute Gasteiger partial charge is 0.394 e. The van der Waals surface area contributed by atoms with Crippen LogP contribution in [-0.2, 0) is 14.3 Å². The molecule has 0 aromatic carbocycles. The molecule has 6 N–H and O–H groups in total. The van der Waals surface area contributed by atoms with Gasteiger partial charge in [-0.25, -0.2) is 0 Å². The van der Waals surface area contributed by atoms with Crippen molar-refractivity contribution in [1.29, 1.82) is 0 Å². The lowest BCUT2D eigenvalue weighted by Gasteiger charge is -2.40. The van der Waals surface area contributed by atoms with Crippen molar-refractivity contribution in [2.75, 3.05) is 13.2 Å². The third-order valence-corrected chi connectivity index (χ3v) is 14.1. The number of carbonyl (C=O) groups is 1. The number of ether oxygens (including phenoxy) is 2. The van der Waals surface area contributed by atoms with Crippen LogP contribution in [0.3, 0.4) is 0 Å². The van der Waals surface area contributed by atoms with E-state index in [1.807, 2.05) is 6.08 Å². The summed E-state index contributed by atoms with van der Waals surface area (Å²) in [6.45, 7) is 3.73. The van der Waals surface area contributed by atoms with Gasteiger partial charge in [0.1, 0.15) is 24.4 Å². The Morgan fingerprint density at radius 3 is 1.30 bits per heavy atom. The summed E-state index contributed by atoms with van der Waals surface area (Å²) in [5.74, 6) is -0.187. The van der Waals surface area contributed by atoms with Crippen LogP contribution in [0.1, 0.15) is 277 Å². The van der Waals surface area contributed by atoms with E-state index >= 15 is 0 Å². The SMILES string of the molecule is CCCCCC/C=C/CC/C=C/C(O)C(COC1OC(CO)C(O)C(O)C1O)NC(=O)CCCCCCCCCCCCCCCCCCC/C=C\C/C=C\CCCCCCCCCCCCCCC. The van der Waals surface area contributed by atoms with Gasteiger partial charge in [0.05, 0.1) is 25.4 Å². The van der Waals surface area contributed by atoms with Gasteiger partial charge in [-0.1, -0.05) is 255 Å². The van der Waals surface area contributed by atoms with Gasteiger partial charge in [-0.15, -0.1) is 0 Å². The molecule has 1 rings (SSSR count). The number of hydrogen-bond acceptors (Lipinski definition) is 8. The summed E-state index contributed by atoms with van der Waals surface area (Å²) in [6.07, 6.45) is 60.9. The summed E-state index contributed by atoms with van der Waals surface area (Å²) >= 11 is 0. The van der Waals surface area contributed by atoms with Crippen LogP contribution in [0.2, 0.25) is 0 Å². The van der Waals surface area contributed by atoms with E-state index < -0.39 is 49.5 Å². The summed E-state index contributed by atoms with van der Waals surface area (Å²) in [6, 6.07) is -0.820. The average molecular weight is 989 g/mol. The summed E-state index contributed by atoms with van der Waals surface area (Å²) < 4.78 is 11.2. The molecule has 0 bridgehead atoms. The summed E-state index contributed by atoms with van der Waals surface area (Å²) in [5.41, 5.74) is 0. The van der Waals surface area contributed by atoms with Crippen molar-refractivity contribution >= 4 is 5.91 Å². The Bertz CT molecular complexity index is 1240. The first-order valence-electron chi connectivity index (χ1n) is 29.9. The molecule has 1 aliphatic heterocycles. The number of aliphatic hydroxyl groups excluding tert-OH is 5. The molecule has 1 heterocycles. The fourth-order valence-electron chi connectivity index (χ4n) is 9.38. The van der Waals surface area contributed by atoms with Crippen LogP contribution < -0.4 is 5.32 Å². The van der Waals surface area contributed by atoms with Crippen molar-refractivity contribution in [2.24, 2.45) is 0 Å². The quantitative estimate of drug-likeness (QED) is 0.0261. The molecular formula is C61H113NO8. The molecule has 70 heavy (non-hydrogen) atoms. The molecule has 0 saturated carbocycles. The number of hydrogen-bond donors (Lipinski definition) is 6. The molecule has 1 fully saturated rings. The molecular weight excluding hydrogens is 875 g/mol. The second-order valence-corrected chi connectivity index (χ2v) is 20.8. The molecule has 1 saturated heterocycles. The molecule has 0 spiro atoms. The second kappa shape index (κ2) is 50.7. The van der Waals surface area contributed by atoms with Crippen molar-refractivity contribution in [3.05, 3.63) is 48.6 Å². The van der Waals surface area contributed by atoms with Gasteiger partial charge < -0.3 is 40.3 Å². The van der Waals surface area contributed by atoms with Gasteiger partial charge in [-0.05, 0) is 64.2 Å². The lowest BCUT2D eigenvalue weighted by Crippen LogP contribution is -2.60. The minimum atomic E-state index is -1.57. The third-order valence-electron chi connectivity index (χ3n) is 14.1. The summed E-state index contributed by atoms with van der Waals surface area (Å²) in [5, 5.41) is 54.2. The molecule has 9 nitrogen and oxygen atoms in total. The minimum absolute atomic E-state index is 0.187. The molecule has 1 amide bonds. The number of allylic oxidation sites excluding steroid dienone is 7. The minimum Gasteiger partial charge on any atom is -0.394 e. The van der Waals surface area contributed by atoms with E-state index in [4.69, 9.17) is 9.47 Å². The van der Waals surface area contributed by atoms with Gasteiger partial charge in [-0.3, -0.25) is 4.79 Å². The lowest BCUT2D eigenvalue weighted by molar-refractivity contribution is -0.302. The van der Waals surface area contributed by atoms with E-state index in [-0.39, 0.29) is 12.5 Å². The maximum absolute atomic E-state index is 13.0. The standard InChI is InChI=1S/C61H113NO8/c1-3-5-7-9-11-13-15-16-17-18-19-20-21-22-23-24-25-26-27-28-29-30-31-32-33-34-35-36-37-38-39-40-41-43-45-47-49-51-57(65)62-54(53-69-61-60(68)59(67)58(66)56(52-63)70-61)55(64)50-48-46-44-42-14-12-10-8-6-4-2/h14,23-24,26-27,42,48,50,54-56,58-61,63-64,66-68H,3-13,15-22,25,28-41,43-47,49,51-53H2,1-2H3,(H,62,65)/b24-23-,27-26-,42-14+,50-48+. The van der Waals surface area contributed by atoms with Crippen molar-refractivity contribution in [2.45, 2.75) is 320 Å². The van der Waals surface area contributed by atoms with Gasteiger partial charge in [0.25, 0.3) is 0 Å². The second-order valence-electron chi connectivity index (χ2n) is 20.8. The predicted molar refractivity (Wildman–Crippen MR) is 295 cm³/mol. The highest BCUT2D eigenvalue weighted by molar-refractivity contribution is 5.76. The fraction of sp³-hybridized carbons (Fsp3) is 0.852. The molecule has 1 aliphatic rings. The van der Waals surface area contributed by atoms with Gasteiger partial charge in [0.15, 0.2) is 6.29 Å². The van der Waals surface area contributed by atoms with Gasteiger partial charge in [0, 0.05) is 6.42 Å². The van der Waals surface area contributed by atoms with Crippen LogP contribution in [0, 0.1) is 0 Å². The Kier molecular flexibility index (Phi) is 47.9. The zero-order chi connectivity index (χ0) is 50.8. The van der Waals surface area contributed by atoms with Crippen LogP contribution in [0.25, 0.3) is 0 Å². The Labute approximate surface area is 431 Å². The number of aliphatic hydroxyl groups is 5. The van der Waals surface area contributed by atoms with Crippen LogP contribution >= 0.6 is 0 Å². The zero-order valence-electron chi connectivity index (χ0n) is 45.5. The molecule has 0 aromatic heterocycles. The van der Waals surface area contributed by atoms with Crippen LogP contribution in [0.4, 0.5) is 0 Å². The van der Waals surface area contributed by atoms with E-state index in [0.29, 0.717) is 6.42 Å². The molecule has 7 atom stereocenters. The predicted octanol–water partition coefficient (Wildman–Crippen LogP) is 14.9. The fourth-order valence-corrected chi connectivity index (χ4v) is 9.38. The highest BCUT2D eigenvalue weighted by Gasteiger charge is 2.44. The summed E-state index contributed by atoms with van der Waals surface area (Å²) in [7, 11) is 0. The summed E-state index contributed by atoms with van der Waals surface area (Å²) in [4.78, 5) is 13.0. The number of nitrogens with one attached hydrogen (secondary N) is 1. The van der Waals surface area contributed by atoms with E-state index in [9.17, 15) is 30.3 Å². The highest BCUT2D eigenvalue weighted by atomic mass is 16.7. The van der Waals surface area contributed by atoms with E-state index in [0.717, 1.165) is 44.9 Å². The van der Waals surface area contributed by atoms with Gasteiger partial charge >= 0.3 is 0 Å². The zero-order valence-corrected chi connectivity index (χ0v) is 45.5. The first-order chi connectivity index (χ1) is 34.3. The van der Waals surface area contributed by atoms with E-state index in [2.05, 4.69) is 55.6 Å². The molecule has 0 radical (unpaired) electrons. The lowest BCUT2D eigenvalue weighted by atomic mass is 9.99. The van der Waals surface area contributed by atoms with Crippen LogP contribution in [0.15, 0.2) is 48.6 Å². The molecule has 9 heteroatoms. The molecule has 410 valence electrons. The number of amides is 1. The first-order valence-corrected chi connectivity index (χ1v) is 29.9. The Morgan fingerprint density at radius 1 is 0.486 bits per heavy atom. The topological polar surface area (TPSA) is 149 Å². The average Bonchev–Trinajstić information content (AvgIpc) is 3.36. The highest BCUT2D eigenvalue weighted by Crippen LogP contribution is 2.23. The number of carbonyl (C=O) groups excluding carboxylic acids is 1. The maximum Gasteiger partial charge on any atom is 0.220 e. The van der Waals surface area contributed by atoms with E-state index in [1.54, 1.807) is 6.08 Å². The Morgan fingerprint density at radius 2 is 0.857 bits per heavy atom. The van der Waals surface area contributed by atoms with Gasteiger partial charge in [0.2, 0.25) is 5.91 Å². The monoisotopic (exact) mass is 988 g/mol. The van der Waals surface area contributed by atoms with E-state index in [1.165, 1.54) is 212 Å². The van der Waals surface area contributed by atoms with Crippen molar-refractivity contribution in [3.63, 3.8) is 0 Å². The number of rotatable bonds is 51. The van der Waals surface area contributed by atoms with Crippen LogP contribution in [0.5, 0.6) is 0 Å². The first kappa shape index (κ1) is 66.2. The van der Waals surface area contributed by atoms with Crippen molar-refractivity contribution < 1.29 is 39.8 Å². The van der Waals surface area contributed by atoms with Crippen LogP contribution in [-0.4, -0.2) is 87.5 Å². The number of unbranched alkanes of at least 4 members (excludes halogenated alkanes) is 35. The molecule has 7 unspecified atom stereocenters. The molecule has 0 aliphatic carbocycles. The van der Waals surface area contributed by atoms with Crippen molar-refractivity contribution in [1.82, 2.24) is 5.32 Å². The smallest absolute Gasteiger partial charge is 0.220 e. The van der Waals surface area contributed by atoms with Crippen molar-refractivity contribution in [3.8, 4) is 0 Å². The third kappa shape index (κ3) is 39.7. The maximum atomic E-state index is 13.0. The van der Waals surface area contributed by atoms with Gasteiger partial charge in [-0.2, -0.15) is 0 Å². The molecule has 0 aromatic rings.